The topological polar surface area (TPSA) is 68.7 Å². The molecule has 32 heavy (non-hydrogen) atoms. The van der Waals surface area contributed by atoms with Gasteiger partial charge in [0.25, 0.3) is 5.91 Å². The molecule has 1 saturated carbocycles. The van der Waals surface area contributed by atoms with Gasteiger partial charge in [-0.1, -0.05) is 11.6 Å². The number of fused-ring (bicyclic) bond motifs is 1. The molecule has 2 fully saturated rings. The number of pyridine rings is 1. The number of likely N-dealkylation sites (N-methyl/N-ethyl adjacent to an activating group) is 1. The van der Waals surface area contributed by atoms with Crippen LogP contribution < -0.4 is 10.2 Å². The number of amides is 1. The van der Waals surface area contributed by atoms with E-state index in [-0.39, 0.29) is 42.8 Å². The third-order valence-electron chi connectivity index (χ3n) is 6.74. The van der Waals surface area contributed by atoms with Crippen LogP contribution in [0, 0.1) is 0 Å². The van der Waals surface area contributed by atoms with Gasteiger partial charge in [0.1, 0.15) is 5.82 Å². The van der Waals surface area contributed by atoms with Crippen molar-refractivity contribution < 1.29 is 18.7 Å². The van der Waals surface area contributed by atoms with E-state index in [0.29, 0.717) is 16.9 Å². The SMILES string of the molecule is CN(C)[C@H]1CCN(c2ccc3c(C(=O)NCC4(O)CCC(F)(F)CC4)c(Cl)ccc3n2)C1. The van der Waals surface area contributed by atoms with Crippen LogP contribution in [0.1, 0.15) is 42.5 Å². The van der Waals surface area contributed by atoms with Gasteiger partial charge in [0.2, 0.25) is 5.92 Å². The Balaban J connectivity index is 1.51. The summed E-state index contributed by atoms with van der Waals surface area (Å²) in [4.78, 5) is 22.1. The number of nitrogens with one attached hydrogen (secondary N) is 1. The van der Waals surface area contributed by atoms with E-state index in [1.807, 2.05) is 12.1 Å². The Morgan fingerprint density at radius 2 is 1.97 bits per heavy atom. The maximum atomic E-state index is 13.4. The van der Waals surface area contributed by atoms with E-state index in [0.717, 1.165) is 25.3 Å². The number of hydrogen-bond donors (Lipinski definition) is 2. The molecule has 1 atom stereocenters. The zero-order chi connectivity index (χ0) is 23.1. The van der Waals surface area contributed by atoms with Crippen LogP contribution >= 0.6 is 11.6 Å². The third-order valence-corrected chi connectivity index (χ3v) is 7.06. The van der Waals surface area contributed by atoms with Crippen molar-refractivity contribution in [3.63, 3.8) is 0 Å². The fraction of sp³-hybridized carbons (Fsp3) is 0.565. The van der Waals surface area contributed by atoms with Crippen molar-refractivity contribution in [3.05, 3.63) is 34.9 Å². The first-order valence-corrected chi connectivity index (χ1v) is 11.3. The van der Waals surface area contributed by atoms with Crippen LogP contribution in [0.3, 0.4) is 0 Å². The number of halogens is 3. The van der Waals surface area contributed by atoms with Crippen LogP contribution in [0.25, 0.3) is 10.9 Å². The molecular weight excluding hydrogens is 438 g/mol. The summed E-state index contributed by atoms with van der Waals surface area (Å²) in [5.74, 6) is -2.34. The van der Waals surface area contributed by atoms with Crippen LogP contribution in [0.4, 0.5) is 14.6 Å². The second-order valence-corrected chi connectivity index (χ2v) is 9.68. The molecule has 1 saturated heterocycles. The Hall–Kier alpha value is -2.03. The minimum atomic E-state index is -2.75. The summed E-state index contributed by atoms with van der Waals surface area (Å²) in [6.45, 7) is 1.71. The third kappa shape index (κ3) is 4.82. The number of rotatable bonds is 5. The minimum Gasteiger partial charge on any atom is -0.388 e. The van der Waals surface area contributed by atoms with Crippen LogP contribution in [0.15, 0.2) is 24.3 Å². The second-order valence-electron chi connectivity index (χ2n) is 9.27. The number of hydrogen-bond acceptors (Lipinski definition) is 5. The molecule has 1 aliphatic carbocycles. The van der Waals surface area contributed by atoms with Crippen molar-refractivity contribution in [3.8, 4) is 0 Å². The standard InChI is InChI=1S/C23H29ClF2N4O2/c1-29(2)15-7-12-30(13-15)19-6-3-16-18(28-19)5-4-17(24)20(16)21(31)27-14-22(32)8-10-23(25,26)11-9-22/h3-6,15,32H,7-14H2,1-2H3,(H,27,31)/t15-/m0/s1. The maximum Gasteiger partial charge on any atom is 0.253 e. The molecule has 2 N–H and O–H groups in total. The molecule has 1 aromatic heterocycles. The molecule has 9 heteroatoms. The van der Waals surface area contributed by atoms with E-state index in [1.54, 1.807) is 12.1 Å². The number of alkyl halides is 2. The molecule has 0 spiro atoms. The Morgan fingerprint density at radius 1 is 1.25 bits per heavy atom. The molecule has 4 rings (SSSR count). The lowest BCUT2D eigenvalue weighted by atomic mass is 9.82. The molecule has 0 unspecified atom stereocenters. The quantitative estimate of drug-likeness (QED) is 0.703. The van der Waals surface area contributed by atoms with Crippen molar-refractivity contribution in [2.24, 2.45) is 0 Å². The van der Waals surface area contributed by atoms with Crippen LogP contribution in [-0.4, -0.2) is 72.2 Å². The highest BCUT2D eigenvalue weighted by molar-refractivity contribution is 6.35. The molecule has 2 aliphatic rings. The van der Waals surface area contributed by atoms with E-state index < -0.39 is 17.4 Å². The van der Waals surface area contributed by atoms with Crippen molar-refractivity contribution >= 4 is 34.2 Å². The molecule has 2 heterocycles. The number of anilines is 1. The monoisotopic (exact) mass is 466 g/mol. The average molecular weight is 467 g/mol. The maximum absolute atomic E-state index is 13.4. The predicted octanol–water partition coefficient (Wildman–Crippen LogP) is 3.70. The van der Waals surface area contributed by atoms with E-state index in [2.05, 4.69) is 29.2 Å². The first-order valence-electron chi connectivity index (χ1n) is 11.0. The van der Waals surface area contributed by atoms with E-state index in [4.69, 9.17) is 16.6 Å². The van der Waals surface area contributed by atoms with Crippen LogP contribution in [0.2, 0.25) is 5.02 Å². The van der Waals surface area contributed by atoms with Gasteiger partial charge in [-0.2, -0.15) is 0 Å². The fourth-order valence-electron chi connectivity index (χ4n) is 4.54. The molecular formula is C23H29ClF2N4O2. The Morgan fingerprint density at radius 3 is 2.62 bits per heavy atom. The lowest BCUT2D eigenvalue weighted by Crippen LogP contribution is -2.47. The lowest BCUT2D eigenvalue weighted by molar-refractivity contribution is -0.101. The Labute approximate surface area is 191 Å². The first-order chi connectivity index (χ1) is 15.1. The summed E-state index contributed by atoms with van der Waals surface area (Å²) in [7, 11) is 4.15. The Bertz CT molecular complexity index is 1010. The van der Waals surface area contributed by atoms with E-state index in [9.17, 15) is 18.7 Å². The van der Waals surface area contributed by atoms with Gasteiger partial charge < -0.3 is 20.2 Å². The smallest absolute Gasteiger partial charge is 0.253 e. The molecule has 6 nitrogen and oxygen atoms in total. The first kappa shape index (κ1) is 23.1. The van der Waals surface area contributed by atoms with Gasteiger partial charge in [-0.25, -0.2) is 13.8 Å². The van der Waals surface area contributed by atoms with Crippen molar-refractivity contribution in [2.75, 3.05) is 38.6 Å². The van der Waals surface area contributed by atoms with Gasteiger partial charge >= 0.3 is 0 Å². The highest BCUT2D eigenvalue weighted by Crippen LogP contribution is 2.38. The van der Waals surface area contributed by atoms with Crippen molar-refractivity contribution in [1.29, 1.82) is 0 Å². The number of carbonyl (C=O) groups excluding carboxylic acids is 1. The number of benzene rings is 1. The van der Waals surface area contributed by atoms with Crippen LogP contribution in [0.5, 0.6) is 0 Å². The van der Waals surface area contributed by atoms with Gasteiger partial charge in [-0.3, -0.25) is 4.79 Å². The summed E-state index contributed by atoms with van der Waals surface area (Å²) in [6, 6.07) is 7.64. The molecule has 1 aliphatic heterocycles. The zero-order valence-corrected chi connectivity index (χ0v) is 19.1. The summed E-state index contributed by atoms with van der Waals surface area (Å²) < 4.78 is 26.8. The average Bonchev–Trinajstić information content (AvgIpc) is 3.25. The highest BCUT2D eigenvalue weighted by Gasteiger charge is 2.42. The number of aliphatic hydroxyl groups is 1. The minimum absolute atomic E-state index is 0.0573. The predicted molar refractivity (Wildman–Crippen MR) is 122 cm³/mol. The molecule has 174 valence electrons. The normalized spacial score (nSPS) is 22.5. The summed E-state index contributed by atoms with van der Waals surface area (Å²) in [6.07, 6.45) is 0.185. The molecule has 2 aromatic rings. The van der Waals surface area contributed by atoms with Crippen molar-refractivity contribution in [1.82, 2.24) is 15.2 Å². The van der Waals surface area contributed by atoms with Gasteiger partial charge in [-0.05, 0) is 57.6 Å². The largest absolute Gasteiger partial charge is 0.388 e. The van der Waals surface area contributed by atoms with Gasteiger partial charge in [0.05, 0.1) is 21.7 Å². The molecule has 0 radical (unpaired) electrons. The van der Waals surface area contributed by atoms with Crippen LogP contribution in [-0.2, 0) is 0 Å². The highest BCUT2D eigenvalue weighted by atomic mass is 35.5. The second kappa shape index (κ2) is 8.72. The number of aromatic nitrogens is 1. The van der Waals surface area contributed by atoms with E-state index in [1.165, 1.54) is 0 Å². The lowest BCUT2D eigenvalue weighted by Gasteiger charge is -2.35. The number of nitrogens with zero attached hydrogens (tertiary/aromatic N) is 3. The van der Waals surface area contributed by atoms with Gasteiger partial charge in [-0.15, -0.1) is 0 Å². The zero-order valence-electron chi connectivity index (χ0n) is 18.4. The number of carbonyl (C=O) groups is 1. The molecule has 1 amide bonds. The van der Waals surface area contributed by atoms with Gasteiger partial charge in [0, 0.05) is 43.9 Å². The van der Waals surface area contributed by atoms with Gasteiger partial charge in [0.15, 0.2) is 0 Å². The molecule has 0 bridgehead atoms. The Kier molecular flexibility index (Phi) is 6.31. The molecule has 1 aromatic carbocycles. The summed E-state index contributed by atoms with van der Waals surface area (Å²) >= 11 is 6.35. The van der Waals surface area contributed by atoms with E-state index >= 15 is 0 Å². The fourth-order valence-corrected chi connectivity index (χ4v) is 4.79. The van der Waals surface area contributed by atoms with Crippen molar-refractivity contribution in [2.45, 2.75) is 49.7 Å². The summed E-state index contributed by atoms with van der Waals surface area (Å²) in [5.41, 5.74) is -0.402. The summed E-state index contributed by atoms with van der Waals surface area (Å²) in [5, 5.41) is 14.2.